The molecular weight excluding hydrogens is 376 g/mol. The molecule has 0 aliphatic rings. The van der Waals surface area contributed by atoms with Crippen LogP contribution in [0, 0.1) is 6.92 Å². The van der Waals surface area contributed by atoms with Crippen LogP contribution in [0.3, 0.4) is 0 Å². The molecule has 4 nitrogen and oxygen atoms in total. The number of halogens is 1. The normalized spacial score (nSPS) is 11.1. The van der Waals surface area contributed by atoms with Crippen molar-refractivity contribution in [3.05, 3.63) is 70.6 Å². The van der Waals surface area contributed by atoms with Crippen LogP contribution in [0.25, 0.3) is 21.3 Å². The first-order valence-corrected chi connectivity index (χ1v) is 9.99. The first-order valence-electron chi connectivity index (χ1n) is 8.73. The molecule has 4 aromatic rings. The van der Waals surface area contributed by atoms with Crippen molar-refractivity contribution >= 4 is 39.0 Å². The molecule has 0 amide bonds. The number of aryl methyl sites for hydroxylation is 1. The van der Waals surface area contributed by atoms with E-state index < -0.39 is 0 Å². The summed E-state index contributed by atoms with van der Waals surface area (Å²) in [5.74, 6) is 0.871. The molecule has 136 valence electrons. The molecule has 0 atom stereocenters. The zero-order valence-electron chi connectivity index (χ0n) is 15.2. The number of aromatic nitrogens is 3. The van der Waals surface area contributed by atoms with E-state index in [2.05, 4.69) is 63.5 Å². The fraction of sp³-hybridized carbons (Fsp3) is 0.190. The molecule has 0 N–H and O–H groups in total. The highest BCUT2D eigenvalue weighted by atomic mass is 35.5. The molecule has 0 saturated heterocycles. The Bertz CT molecular complexity index is 1060. The van der Waals surface area contributed by atoms with E-state index in [0.717, 1.165) is 34.6 Å². The summed E-state index contributed by atoms with van der Waals surface area (Å²) in [5, 5.41) is 3.48. The van der Waals surface area contributed by atoms with Gasteiger partial charge in [-0.3, -0.25) is 4.98 Å². The quantitative estimate of drug-likeness (QED) is 0.425. The molecule has 0 aliphatic heterocycles. The molecular formula is C21H19ClN4S. The van der Waals surface area contributed by atoms with E-state index in [1.54, 1.807) is 11.3 Å². The molecule has 6 heteroatoms. The van der Waals surface area contributed by atoms with Crippen LogP contribution in [0.1, 0.15) is 11.1 Å². The second-order valence-electron chi connectivity index (χ2n) is 6.54. The van der Waals surface area contributed by atoms with E-state index in [4.69, 9.17) is 11.6 Å². The summed E-state index contributed by atoms with van der Waals surface area (Å²) in [6, 6.07) is 12.6. The predicted molar refractivity (Wildman–Crippen MR) is 114 cm³/mol. The van der Waals surface area contributed by atoms with Crippen LogP contribution < -0.4 is 4.90 Å². The van der Waals surface area contributed by atoms with E-state index in [1.807, 2.05) is 24.5 Å². The average Bonchev–Trinajstić information content (AvgIpc) is 3.10. The Morgan fingerprint density at radius 3 is 2.52 bits per heavy atom. The summed E-state index contributed by atoms with van der Waals surface area (Å²) >= 11 is 7.81. The van der Waals surface area contributed by atoms with Crippen molar-refractivity contribution in [2.45, 2.75) is 13.3 Å². The highest BCUT2D eigenvalue weighted by Crippen LogP contribution is 2.38. The number of nitrogens with zero attached hydrogens (tertiary/aromatic N) is 4. The molecule has 0 unspecified atom stereocenters. The number of thiophene rings is 1. The molecule has 0 bridgehead atoms. The van der Waals surface area contributed by atoms with E-state index >= 15 is 0 Å². The third-order valence-electron chi connectivity index (χ3n) is 4.60. The van der Waals surface area contributed by atoms with Gasteiger partial charge in [0, 0.05) is 36.9 Å². The molecule has 3 aromatic heterocycles. The molecule has 0 fully saturated rings. The molecule has 0 saturated carbocycles. The molecule has 3 heterocycles. The van der Waals surface area contributed by atoms with Gasteiger partial charge >= 0.3 is 0 Å². The number of pyridine rings is 1. The van der Waals surface area contributed by atoms with Crippen LogP contribution in [-0.2, 0) is 6.42 Å². The van der Waals surface area contributed by atoms with Gasteiger partial charge in [-0.15, -0.1) is 11.3 Å². The third kappa shape index (κ3) is 3.80. The van der Waals surface area contributed by atoms with Gasteiger partial charge in [-0.2, -0.15) is 4.98 Å². The number of likely N-dealkylation sites (N-methyl/N-ethyl adjacent to an activating group) is 1. The maximum atomic E-state index is 6.21. The molecule has 0 aliphatic carbocycles. The van der Waals surface area contributed by atoms with Crippen LogP contribution in [0.15, 0.2) is 54.2 Å². The first-order chi connectivity index (χ1) is 13.1. The zero-order valence-corrected chi connectivity index (χ0v) is 16.8. The van der Waals surface area contributed by atoms with Gasteiger partial charge in [-0.1, -0.05) is 29.8 Å². The lowest BCUT2D eigenvalue weighted by molar-refractivity contribution is 0.861. The van der Waals surface area contributed by atoms with Gasteiger partial charge in [0.1, 0.15) is 10.6 Å². The lowest BCUT2D eigenvalue weighted by Crippen LogP contribution is -2.22. The minimum absolute atomic E-state index is 0.283. The minimum Gasteiger partial charge on any atom is -0.359 e. The Labute approximate surface area is 167 Å². The second kappa shape index (κ2) is 7.62. The van der Waals surface area contributed by atoms with Crippen LogP contribution >= 0.6 is 22.9 Å². The van der Waals surface area contributed by atoms with Crippen molar-refractivity contribution < 1.29 is 0 Å². The van der Waals surface area contributed by atoms with Gasteiger partial charge in [0.25, 0.3) is 0 Å². The van der Waals surface area contributed by atoms with Crippen molar-refractivity contribution in [3.63, 3.8) is 0 Å². The largest absolute Gasteiger partial charge is 0.359 e. The van der Waals surface area contributed by atoms with E-state index in [1.165, 1.54) is 16.7 Å². The smallest absolute Gasteiger partial charge is 0.225 e. The van der Waals surface area contributed by atoms with Crippen molar-refractivity contribution in [3.8, 4) is 11.1 Å². The monoisotopic (exact) mass is 394 g/mol. The van der Waals surface area contributed by atoms with Gasteiger partial charge in [0.2, 0.25) is 5.28 Å². The highest BCUT2D eigenvalue weighted by Gasteiger charge is 2.17. The minimum atomic E-state index is 0.283. The lowest BCUT2D eigenvalue weighted by Gasteiger charge is -2.20. The van der Waals surface area contributed by atoms with Crippen LogP contribution in [0.5, 0.6) is 0 Å². The fourth-order valence-corrected chi connectivity index (χ4v) is 4.23. The van der Waals surface area contributed by atoms with E-state index in [-0.39, 0.29) is 5.28 Å². The molecule has 0 radical (unpaired) electrons. The molecule has 4 rings (SSSR count). The predicted octanol–water partition coefficient (Wildman–Crippen LogP) is 5.39. The Morgan fingerprint density at radius 1 is 1.04 bits per heavy atom. The summed E-state index contributed by atoms with van der Waals surface area (Å²) in [6.45, 7) is 2.92. The van der Waals surface area contributed by atoms with Gasteiger partial charge in [0.05, 0.1) is 5.39 Å². The Kier molecular flexibility index (Phi) is 5.05. The second-order valence-corrected chi connectivity index (χ2v) is 7.73. The lowest BCUT2D eigenvalue weighted by atomic mass is 10.0. The molecule has 0 spiro atoms. The van der Waals surface area contributed by atoms with Gasteiger partial charge in [-0.05, 0) is 48.2 Å². The Balaban J connectivity index is 1.72. The average molecular weight is 395 g/mol. The number of anilines is 1. The molecule has 1 aromatic carbocycles. The fourth-order valence-electron chi connectivity index (χ4n) is 3.07. The van der Waals surface area contributed by atoms with Crippen LogP contribution in [0.2, 0.25) is 5.28 Å². The first kappa shape index (κ1) is 17.9. The number of benzene rings is 1. The van der Waals surface area contributed by atoms with Crippen molar-refractivity contribution in [2.24, 2.45) is 0 Å². The van der Waals surface area contributed by atoms with Crippen molar-refractivity contribution in [1.82, 2.24) is 15.0 Å². The zero-order chi connectivity index (χ0) is 18.8. The maximum Gasteiger partial charge on any atom is 0.225 e. The van der Waals surface area contributed by atoms with E-state index in [0.29, 0.717) is 0 Å². The number of hydrogen-bond acceptors (Lipinski definition) is 5. The SMILES string of the molecule is Cc1ccc(-c2csc3nc(Cl)nc(N(C)CCc4ccncc4)c23)cc1. The number of hydrogen-bond donors (Lipinski definition) is 0. The standard InChI is InChI=1S/C21H19ClN4S/c1-14-3-5-16(6-4-14)17-13-27-20-18(17)19(24-21(22)25-20)26(2)12-9-15-7-10-23-11-8-15/h3-8,10-11,13H,9,12H2,1-2H3. The Hall–Kier alpha value is -2.50. The highest BCUT2D eigenvalue weighted by molar-refractivity contribution is 7.17. The van der Waals surface area contributed by atoms with Crippen molar-refractivity contribution in [1.29, 1.82) is 0 Å². The van der Waals surface area contributed by atoms with Gasteiger partial charge < -0.3 is 4.90 Å². The van der Waals surface area contributed by atoms with E-state index in [9.17, 15) is 0 Å². The summed E-state index contributed by atoms with van der Waals surface area (Å²) in [6.07, 6.45) is 4.55. The topological polar surface area (TPSA) is 41.9 Å². The van der Waals surface area contributed by atoms with Gasteiger partial charge in [0.15, 0.2) is 0 Å². The summed E-state index contributed by atoms with van der Waals surface area (Å²) in [4.78, 5) is 16.1. The summed E-state index contributed by atoms with van der Waals surface area (Å²) in [5.41, 5.74) is 4.81. The van der Waals surface area contributed by atoms with Crippen LogP contribution in [0.4, 0.5) is 5.82 Å². The maximum absolute atomic E-state index is 6.21. The summed E-state index contributed by atoms with van der Waals surface area (Å²) in [7, 11) is 2.05. The number of fused-ring (bicyclic) bond motifs is 1. The number of rotatable bonds is 5. The summed E-state index contributed by atoms with van der Waals surface area (Å²) < 4.78 is 0. The van der Waals surface area contributed by atoms with Gasteiger partial charge in [-0.25, -0.2) is 4.98 Å². The van der Waals surface area contributed by atoms with Crippen molar-refractivity contribution in [2.75, 3.05) is 18.5 Å². The molecule has 27 heavy (non-hydrogen) atoms. The third-order valence-corrected chi connectivity index (χ3v) is 5.64. The van der Waals surface area contributed by atoms with Crippen LogP contribution in [-0.4, -0.2) is 28.5 Å². The Morgan fingerprint density at radius 2 is 1.78 bits per heavy atom.